The largest absolute Gasteiger partial charge is 0.375 e. The van der Waals surface area contributed by atoms with Gasteiger partial charge in [-0.3, -0.25) is 4.98 Å². The number of aromatic nitrogens is 1. The van der Waals surface area contributed by atoms with Crippen molar-refractivity contribution in [2.75, 3.05) is 13.1 Å². The number of benzene rings is 1. The Morgan fingerprint density at radius 2 is 1.66 bits per heavy atom. The van der Waals surface area contributed by atoms with E-state index in [9.17, 15) is 0 Å². The molecule has 0 atom stereocenters. The lowest BCUT2D eigenvalue weighted by atomic mass is 9.90. The number of hydrogen-bond donors (Lipinski definition) is 0. The standard InChI is InChI=1S/C27H36N2/c1-4-22(2)27-11-9-26(10-12-27)21-23(3)29-19-15-25(16-20-29)8-6-5-7-24-13-17-28-18-14-24/h9-14,17-18,25H,2-8,15-16,19-21H2,1H3. The Kier molecular flexibility index (Phi) is 8.10. The number of aryl methyl sites for hydroxylation is 1. The van der Waals surface area contributed by atoms with Crippen molar-refractivity contribution in [1.29, 1.82) is 0 Å². The second-order valence-corrected chi connectivity index (χ2v) is 8.43. The number of nitrogens with zero attached hydrogens (tertiary/aromatic N) is 2. The molecule has 1 aromatic carbocycles. The van der Waals surface area contributed by atoms with Gasteiger partial charge in [0.2, 0.25) is 0 Å². The van der Waals surface area contributed by atoms with E-state index < -0.39 is 0 Å². The van der Waals surface area contributed by atoms with Gasteiger partial charge in [0.15, 0.2) is 0 Å². The second-order valence-electron chi connectivity index (χ2n) is 8.43. The summed E-state index contributed by atoms with van der Waals surface area (Å²) in [5.74, 6) is 0.885. The highest BCUT2D eigenvalue weighted by molar-refractivity contribution is 5.63. The number of allylic oxidation sites excluding steroid dienone is 2. The molecule has 2 aromatic rings. The molecule has 0 spiro atoms. The van der Waals surface area contributed by atoms with Crippen molar-refractivity contribution < 1.29 is 0 Å². The molecule has 0 unspecified atom stereocenters. The van der Waals surface area contributed by atoms with E-state index in [1.165, 1.54) is 79.6 Å². The fourth-order valence-electron chi connectivity index (χ4n) is 4.26. The molecule has 2 nitrogen and oxygen atoms in total. The van der Waals surface area contributed by atoms with Crippen LogP contribution >= 0.6 is 0 Å². The van der Waals surface area contributed by atoms with E-state index in [0.29, 0.717) is 0 Å². The first-order valence-electron chi connectivity index (χ1n) is 11.2. The highest BCUT2D eigenvalue weighted by Gasteiger charge is 2.19. The number of rotatable bonds is 10. The summed E-state index contributed by atoms with van der Waals surface area (Å²) in [6, 6.07) is 13.1. The molecule has 1 fully saturated rings. The van der Waals surface area contributed by atoms with Crippen LogP contribution < -0.4 is 0 Å². The molecular weight excluding hydrogens is 352 g/mol. The monoisotopic (exact) mass is 388 g/mol. The Morgan fingerprint density at radius 1 is 0.966 bits per heavy atom. The quantitative estimate of drug-likeness (QED) is 0.422. The molecule has 2 heteroatoms. The van der Waals surface area contributed by atoms with Gasteiger partial charge in [0.05, 0.1) is 0 Å². The molecule has 0 N–H and O–H groups in total. The molecular formula is C27H36N2. The van der Waals surface area contributed by atoms with Crippen LogP contribution in [0, 0.1) is 5.92 Å². The minimum absolute atomic E-state index is 0.885. The zero-order valence-electron chi connectivity index (χ0n) is 18.1. The molecule has 0 saturated carbocycles. The fourth-order valence-corrected chi connectivity index (χ4v) is 4.26. The summed E-state index contributed by atoms with van der Waals surface area (Å²) < 4.78 is 0. The molecule has 154 valence electrons. The van der Waals surface area contributed by atoms with Gasteiger partial charge < -0.3 is 4.90 Å². The van der Waals surface area contributed by atoms with Gasteiger partial charge in [-0.1, -0.05) is 57.2 Å². The molecule has 0 bridgehead atoms. The van der Waals surface area contributed by atoms with Crippen molar-refractivity contribution in [3.8, 4) is 0 Å². The Bertz CT molecular complexity index is 768. The highest BCUT2D eigenvalue weighted by atomic mass is 15.1. The summed E-state index contributed by atoms with van der Waals surface area (Å²) in [5, 5.41) is 0. The van der Waals surface area contributed by atoms with Crippen molar-refractivity contribution in [3.05, 3.63) is 84.3 Å². The summed E-state index contributed by atoms with van der Waals surface area (Å²) in [6.07, 6.45) is 13.5. The van der Waals surface area contributed by atoms with E-state index in [-0.39, 0.29) is 0 Å². The van der Waals surface area contributed by atoms with Crippen LogP contribution in [0.4, 0.5) is 0 Å². The highest BCUT2D eigenvalue weighted by Crippen LogP contribution is 2.26. The zero-order valence-corrected chi connectivity index (χ0v) is 18.1. The SMILES string of the molecule is C=C(CC)c1ccc(CC(=C)N2CCC(CCCCc3ccncc3)CC2)cc1. The van der Waals surface area contributed by atoms with Gasteiger partial charge in [-0.2, -0.15) is 0 Å². The van der Waals surface area contributed by atoms with Gasteiger partial charge in [-0.05, 0) is 72.4 Å². The maximum absolute atomic E-state index is 4.38. The van der Waals surface area contributed by atoms with Crippen molar-refractivity contribution in [3.63, 3.8) is 0 Å². The summed E-state index contributed by atoms with van der Waals surface area (Å²) in [7, 11) is 0. The lowest BCUT2D eigenvalue weighted by Crippen LogP contribution is -2.33. The first-order chi connectivity index (χ1) is 14.2. The third kappa shape index (κ3) is 6.59. The lowest BCUT2D eigenvalue weighted by molar-refractivity contribution is 0.214. The molecule has 2 heterocycles. The summed E-state index contributed by atoms with van der Waals surface area (Å²) >= 11 is 0. The third-order valence-corrected chi connectivity index (χ3v) is 6.34. The summed E-state index contributed by atoms with van der Waals surface area (Å²) in [4.78, 5) is 6.60. The van der Waals surface area contributed by atoms with Crippen molar-refractivity contribution in [1.82, 2.24) is 9.88 Å². The van der Waals surface area contributed by atoms with Crippen LogP contribution in [-0.4, -0.2) is 23.0 Å². The first-order valence-corrected chi connectivity index (χ1v) is 11.2. The maximum Gasteiger partial charge on any atom is 0.0270 e. The molecule has 29 heavy (non-hydrogen) atoms. The molecule has 0 amide bonds. The van der Waals surface area contributed by atoms with E-state index in [0.717, 1.165) is 18.8 Å². The summed E-state index contributed by atoms with van der Waals surface area (Å²) in [5.41, 5.74) is 6.49. The average Bonchev–Trinajstić information content (AvgIpc) is 2.78. The minimum Gasteiger partial charge on any atom is -0.375 e. The Labute approximate surface area is 177 Å². The van der Waals surface area contributed by atoms with E-state index in [1.807, 2.05) is 12.4 Å². The van der Waals surface area contributed by atoms with Crippen LogP contribution in [0.15, 0.2) is 67.6 Å². The normalized spacial score (nSPS) is 14.7. The molecule has 1 aromatic heterocycles. The van der Waals surface area contributed by atoms with Gasteiger partial charge in [-0.15, -0.1) is 0 Å². The summed E-state index contributed by atoms with van der Waals surface area (Å²) in [6.45, 7) is 13.0. The van der Waals surface area contributed by atoms with Crippen LogP contribution in [-0.2, 0) is 12.8 Å². The number of pyridine rings is 1. The molecule has 1 aliphatic rings. The van der Waals surface area contributed by atoms with E-state index in [1.54, 1.807) is 0 Å². The maximum atomic E-state index is 4.38. The van der Waals surface area contributed by atoms with Crippen LogP contribution in [0.25, 0.3) is 5.57 Å². The molecule has 0 aliphatic carbocycles. The minimum atomic E-state index is 0.885. The van der Waals surface area contributed by atoms with E-state index >= 15 is 0 Å². The number of unbranched alkanes of at least 4 members (excludes halogenated alkanes) is 1. The Morgan fingerprint density at radius 3 is 2.31 bits per heavy atom. The predicted molar refractivity (Wildman–Crippen MR) is 125 cm³/mol. The van der Waals surface area contributed by atoms with Gasteiger partial charge in [-0.25, -0.2) is 0 Å². The van der Waals surface area contributed by atoms with Crippen molar-refractivity contribution in [2.45, 2.75) is 58.3 Å². The first kappa shape index (κ1) is 21.4. The number of hydrogen-bond acceptors (Lipinski definition) is 2. The second kappa shape index (κ2) is 11.0. The van der Waals surface area contributed by atoms with Gasteiger partial charge in [0.1, 0.15) is 0 Å². The van der Waals surface area contributed by atoms with Crippen molar-refractivity contribution >= 4 is 5.57 Å². The average molecular weight is 389 g/mol. The zero-order chi connectivity index (χ0) is 20.5. The van der Waals surface area contributed by atoms with Crippen LogP contribution in [0.3, 0.4) is 0 Å². The molecule has 0 radical (unpaired) electrons. The number of likely N-dealkylation sites (tertiary alicyclic amines) is 1. The molecule has 3 rings (SSSR count). The van der Waals surface area contributed by atoms with Gasteiger partial charge in [0, 0.05) is 37.6 Å². The van der Waals surface area contributed by atoms with E-state index in [4.69, 9.17) is 0 Å². The van der Waals surface area contributed by atoms with Crippen LogP contribution in [0.1, 0.15) is 62.1 Å². The third-order valence-electron chi connectivity index (χ3n) is 6.34. The molecule has 1 saturated heterocycles. The van der Waals surface area contributed by atoms with E-state index in [2.05, 4.69) is 66.4 Å². The lowest BCUT2D eigenvalue weighted by Gasteiger charge is -2.35. The number of piperidine rings is 1. The van der Waals surface area contributed by atoms with Gasteiger partial charge in [0.25, 0.3) is 0 Å². The fraction of sp³-hybridized carbons (Fsp3) is 0.444. The predicted octanol–water partition coefficient (Wildman–Crippen LogP) is 6.69. The van der Waals surface area contributed by atoms with Gasteiger partial charge >= 0.3 is 0 Å². The topological polar surface area (TPSA) is 16.1 Å². The Balaban J connectivity index is 1.35. The molecule has 1 aliphatic heterocycles. The smallest absolute Gasteiger partial charge is 0.0270 e. The van der Waals surface area contributed by atoms with Crippen LogP contribution in [0.5, 0.6) is 0 Å². The van der Waals surface area contributed by atoms with Crippen molar-refractivity contribution in [2.24, 2.45) is 5.92 Å². The van der Waals surface area contributed by atoms with Crippen LogP contribution in [0.2, 0.25) is 0 Å². The Hall–Kier alpha value is -2.35.